The minimum Gasteiger partial charge on any atom is -0.382 e. The minimum absolute atomic E-state index is 0.181. The average Bonchev–Trinajstić information content (AvgIpc) is 2.57. The van der Waals surface area contributed by atoms with Crippen molar-refractivity contribution in [2.75, 3.05) is 45.9 Å². The van der Waals surface area contributed by atoms with Crippen LogP contribution in [0.25, 0.3) is 0 Å². The van der Waals surface area contributed by atoms with Crippen LogP contribution in [0, 0.1) is 5.82 Å². The Morgan fingerprint density at radius 3 is 2.57 bits per heavy atom. The van der Waals surface area contributed by atoms with Gasteiger partial charge in [-0.25, -0.2) is 4.39 Å². The molecule has 4 nitrogen and oxygen atoms in total. The summed E-state index contributed by atoms with van der Waals surface area (Å²) in [6.07, 6.45) is 0.971. The van der Waals surface area contributed by atoms with E-state index < -0.39 is 0 Å². The maximum atomic E-state index is 12.9. The molecule has 0 amide bonds. The monoisotopic (exact) mass is 339 g/mol. The molecule has 2 rings (SSSR count). The SMILES string of the molecule is CCOCCCNC(=S)N1CCN(Cc2ccc(F)cc2)CC1. The van der Waals surface area contributed by atoms with Gasteiger partial charge in [-0.3, -0.25) is 4.90 Å². The molecule has 0 unspecified atom stereocenters. The number of piperazine rings is 1. The summed E-state index contributed by atoms with van der Waals surface area (Å²) in [6.45, 7) is 9.06. The second-order valence-corrected chi connectivity index (χ2v) is 6.06. The smallest absolute Gasteiger partial charge is 0.169 e. The highest BCUT2D eigenvalue weighted by atomic mass is 32.1. The van der Waals surface area contributed by atoms with Crippen molar-refractivity contribution in [2.24, 2.45) is 0 Å². The van der Waals surface area contributed by atoms with Crippen LogP contribution >= 0.6 is 12.2 Å². The quantitative estimate of drug-likeness (QED) is 0.608. The van der Waals surface area contributed by atoms with Gasteiger partial charge in [-0.05, 0) is 43.3 Å². The molecule has 1 aromatic rings. The summed E-state index contributed by atoms with van der Waals surface area (Å²) in [6, 6.07) is 6.75. The van der Waals surface area contributed by atoms with Crippen LogP contribution < -0.4 is 5.32 Å². The molecule has 0 spiro atoms. The molecule has 6 heteroatoms. The van der Waals surface area contributed by atoms with Crippen LogP contribution in [0.4, 0.5) is 4.39 Å². The van der Waals surface area contributed by atoms with Gasteiger partial charge in [-0.1, -0.05) is 12.1 Å². The third kappa shape index (κ3) is 6.41. The second kappa shape index (κ2) is 9.80. The van der Waals surface area contributed by atoms with Crippen LogP contribution in [-0.4, -0.2) is 60.8 Å². The molecular weight excluding hydrogens is 313 g/mol. The molecule has 0 atom stereocenters. The highest BCUT2D eigenvalue weighted by molar-refractivity contribution is 7.80. The fraction of sp³-hybridized carbons (Fsp3) is 0.588. The van der Waals surface area contributed by atoms with Gasteiger partial charge in [0.05, 0.1) is 0 Å². The van der Waals surface area contributed by atoms with Crippen molar-refractivity contribution in [1.29, 1.82) is 0 Å². The first-order chi connectivity index (χ1) is 11.2. The van der Waals surface area contributed by atoms with Crippen molar-refractivity contribution in [3.63, 3.8) is 0 Å². The van der Waals surface area contributed by atoms with Crippen molar-refractivity contribution in [1.82, 2.24) is 15.1 Å². The Balaban J connectivity index is 1.65. The van der Waals surface area contributed by atoms with Gasteiger partial charge in [-0.2, -0.15) is 0 Å². The highest BCUT2D eigenvalue weighted by Gasteiger charge is 2.18. The van der Waals surface area contributed by atoms with Crippen LogP contribution in [0.2, 0.25) is 0 Å². The topological polar surface area (TPSA) is 27.7 Å². The summed E-state index contributed by atoms with van der Waals surface area (Å²) in [4.78, 5) is 4.60. The fourth-order valence-electron chi connectivity index (χ4n) is 2.58. The average molecular weight is 339 g/mol. The van der Waals surface area contributed by atoms with E-state index in [1.807, 2.05) is 19.1 Å². The number of thiocarbonyl (C=S) groups is 1. The molecule has 1 aliphatic heterocycles. The Morgan fingerprint density at radius 1 is 1.22 bits per heavy atom. The van der Waals surface area contributed by atoms with E-state index in [0.29, 0.717) is 0 Å². The molecule has 128 valence electrons. The summed E-state index contributed by atoms with van der Waals surface area (Å²) in [7, 11) is 0. The maximum absolute atomic E-state index is 12.9. The normalized spacial score (nSPS) is 15.7. The maximum Gasteiger partial charge on any atom is 0.169 e. The third-order valence-corrected chi connectivity index (χ3v) is 4.33. The Morgan fingerprint density at radius 2 is 1.91 bits per heavy atom. The molecule has 1 aliphatic rings. The number of hydrogen-bond acceptors (Lipinski definition) is 3. The van der Waals surface area contributed by atoms with Gasteiger partial charge in [0.15, 0.2) is 5.11 Å². The second-order valence-electron chi connectivity index (χ2n) is 5.67. The molecule has 0 aliphatic carbocycles. The molecule has 1 saturated heterocycles. The van der Waals surface area contributed by atoms with Crippen molar-refractivity contribution < 1.29 is 9.13 Å². The molecular formula is C17H26FN3OS. The molecule has 1 aromatic carbocycles. The van der Waals surface area contributed by atoms with Crippen molar-refractivity contribution in [3.05, 3.63) is 35.6 Å². The van der Waals surface area contributed by atoms with Crippen molar-refractivity contribution >= 4 is 17.3 Å². The Hall–Kier alpha value is -1.24. The molecule has 1 N–H and O–H groups in total. The van der Waals surface area contributed by atoms with E-state index >= 15 is 0 Å². The molecule has 23 heavy (non-hydrogen) atoms. The highest BCUT2D eigenvalue weighted by Crippen LogP contribution is 2.09. The van der Waals surface area contributed by atoms with Gasteiger partial charge < -0.3 is 15.0 Å². The Kier molecular flexibility index (Phi) is 7.71. The van der Waals surface area contributed by atoms with E-state index in [9.17, 15) is 4.39 Å². The van der Waals surface area contributed by atoms with E-state index in [1.54, 1.807) is 0 Å². The third-order valence-electron chi connectivity index (χ3n) is 3.92. The lowest BCUT2D eigenvalue weighted by atomic mass is 10.2. The number of ether oxygens (including phenoxy) is 1. The zero-order chi connectivity index (χ0) is 16.5. The van der Waals surface area contributed by atoms with E-state index in [4.69, 9.17) is 17.0 Å². The number of benzene rings is 1. The van der Waals surface area contributed by atoms with Crippen LogP contribution in [0.5, 0.6) is 0 Å². The van der Waals surface area contributed by atoms with Crippen LogP contribution in [-0.2, 0) is 11.3 Å². The number of nitrogens with one attached hydrogen (secondary N) is 1. The summed E-state index contributed by atoms with van der Waals surface area (Å²) in [5.74, 6) is -0.181. The van der Waals surface area contributed by atoms with Gasteiger partial charge >= 0.3 is 0 Å². The number of nitrogens with zero attached hydrogens (tertiary/aromatic N) is 2. The lowest BCUT2D eigenvalue weighted by Gasteiger charge is -2.36. The molecule has 0 bridgehead atoms. The fourth-order valence-corrected chi connectivity index (χ4v) is 2.87. The Labute approximate surface area is 143 Å². The van der Waals surface area contributed by atoms with E-state index in [0.717, 1.165) is 69.6 Å². The summed E-state index contributed by atoms with van der Waals surface area (Å²) < 4.78 is 18.2. The molecule has 1 heterocycles. The molecule has 0 aromatic heterocycles. The van der Waals surface area contributed by atoms with E-state index in [-0.39, 0.29) is 5.82 Å². The first kappa shape index (κ1) is 18.1. The van der Waals surface area contributed by atoms with Crippen LogP contribution in [0.1, 0.15) is 18.9 Å². The van der Waals surface area contributed by atoms with Gasteiger partial charge in [0.1, 0.15) is 5.82 Å². The van der Waals surface area contributed by atoms with Gasteiger partial charge in [0.25, 0.3) is 0 Å². The van der Waals surface area contributed by atoms with Crippen LogP contribution in [0.15, 0.2) is 24.3 Å². The van der Waals surface area contributed by atoms with Gasteiger partial charge in [0, 0.05) is 52.5 Å². The summed E-state index contributed by atoms with van der Waals surface area (Å²) in [5.41, 5.74) is 1.15. The van der Waals surface area contributed by atoms with Gasteiger partial charge in [0.2, 0.25) is 0 Å². The Bertz CT molecular complexity index is 475. The van der Waals surface area contributed by atoms with E-state index in [1.165, 1.54) is 12.1 Å². The number of hydrogen-bond donors (Lipinski definition) is 1. The standard InChI is InChI=1S/C17H26FN3OS/c1-2-22-13-3-8-19-17(23)21-11-9-20(10-12-21)14-15-4-6-16(18)7-5-15/h4-7H,2-3,8-14H2,1H3,(H,19,23). The lowest BCUT2D eigenvalue weighted by Crippen LogP contribution is -2.51. The first-order valence-electron chi connectivity index (χ1n) is 8.26. The molecule has 0 saturated carbocycles. The van der Waals surface area contributed by atoms with E-state index in [2.05, 4.69) is 15.1 Å². The predicted octanol–water partition coefficient (Wildman–Crippen LogP) is 2.24. The number of halogens is 1. The van der Waals surface area contributed by atoms with Crippen LogP contribution in [0.3, 0.4) is 0 Å². The first-order valence-corrected chi connectivity index (χ1v) is 8.67. The lowest BCUT2D eigenvalue weighted by molar-refractivity contribution is 0.145. The zero-order valence-electron chi connectivity index (χ0n) is 13.8. The van der Waals surface area contributed by atoms with Crippen molar-refractivity contribution in [3.8, 4) is 0 Å². The minimum atomic E-state index is -0.181. The largest absolute Gasteiger partial charge is 0.382 e. The molecule has 0 radical (unpaired) electrons. The van der Waals surface area contributed by atoms with Crippen molar-refractivity contribution in [2.45, 2.75) is 19.9 Å². The summed E-state index contributed by atoms with van der Waals surface area (Å²) >= 11 is 5.45. The predicted molar refractivity (Wildman–Crippen MR) is 95.0 cm³/mol. The van der Waals surface area contributed by atoms with Gasteiger partial charge in [-0.15, -0.1) is 0 Å². The number of rotatable bonds is 7. The summed E-state index contributed by atoms with van der Waals surface area (Å²) in [5, 5.41) is 4.14. The molecule has 1 fully saturated rings. The zero-order valence-corrected chi connectivity index (χ0v) is 14.6.